The molecule has 4 heteroatoms. The SMILES string of the molecule is CN(C)C1CCC2=CC3=CCC4(C)C(N5CCc6ccncc6C5)CCC4C34CCC2(C1)O4. The lowest BCUT2D eigenvalue weighted by atomic mass is 9.59. The molecule has 1 saturated heterocycles. The lowest BCUT2D eigenvalue weighted by Gasteiger charge is -2.55. The van der Waals surface area contributed by atoms with Crippen LogP contribution < -0.4 is 0 Å². The molecule has 2 saturated carbocycles. The fourth-order valence-corrected chi connectivity index (χ4v) is 9.07. The molecule has 176 valence electrons. The fourth-order valence-electron chi connectivity index (χ4n) is 9.07. The van der Waals surface area contributed by atoms with E-state index in [1.807, 2.05) is 6.20 Å². The molecule has 0 N–H and O–H groups in total. The van der Waals surface area contributed by atoms with Crippen molar-refractivity contribution in [2.24, 2.45) is 11.3 Å². The minimum atomic E-state index is -0.0330. The second kappa shape index (κ2) is 7.02. The fraction of sp³-hybridized carbons (Fsp3) is 0.690. The van der Waals surface area contributed by atoms with E-state index < -0.39 is 0 Å². The summed E-state index contributed by atoms with van der Waals surface area (Å²) in [5, 5.41) is 0. The zero-order valence-electron chi connectivity index (χ0n) is 20.6. The van der Waals surface area contributed by atoms with Crippen molar-refractivity contribution < 1.29 is 4.74 Å². The molecule has 1 aromatic heterocycles. The van der Waals surface area contributed by atoms with Crippen molar-refractivity contribution in [2.75, 3.05) is 20.6 Å². The van der Waals surface area contributed by atoms with Gasteiger partial charge in [0.25, 0.3) is 0 Å². The summed E-state index contributed by atoms with van der Waals surface area (Å²) in [5.74, 6) is 0.641. The van der Waals surface area contributed by atoms with Crippen molar-refractivity contribution in [1.82, 2.24) is 14.8 Å². The molecule has 4 nitrogen and oxygen atoms in total. The molecule has 0 amide bonds. The molecule has 3 aliphatic carbocycles. The molecule has 6 unspecified atom stereocenters. The van der Waals surface area contributed by atoms with E-state index in [1.54, 1.807) is 11.1 Å². The third kappa shape index (κ3) is 2.78. The highest BCUT2D eigenvalue weighted by Crippen LogP contribution is 2.67. The van der Waals surface area contributed by atoms with Gasteiger partial charge in [-0.25, -0.2) is 0 Å². The van der Waals surface area contributed by atoms with Gasteiger partial charge in [0.05, 0.1) is 11.2 Å². The molecule has 3 aliphatic heterocycles. The highest BCUT2D eigenvalue weighted by atomic mass is 16.5. The van der Waals surface area contributed by atoms with Crippen molar-refractivity contribution in [1.29, 1.82) is 0 Å². The molecule has 4 heterocycles. The van der Waals surface area contributed by atoms with Gasteiger partial charge in [0.1, 0.15) is 0 Å². The Bertz CT molecular complexity index is 1050. The number of rotatable bonds is 2. The zero-order valence-corrected chi connectivity index (χ0v) is 20.6. The Kier molecular flexibility index (Phi) is 4.44. The van der Waals surface area contributed by atoms with E-state index in [1.165, 1.54) is 75.5 Å². The number of allylic oxidation sites excluding steroid dienone is 1. The van der Waals surface area contributed by atoms with Crippen molar-refractivity contribution in [3.8, 4) is 0 Å². The van der Waals surface area contributed by atoms with Crippen molar-refractivity contribution >= 4 is 0 Å². The first kappa shape index (κ1) is 20.8. The third-order valence-corrected chi connectivity index (χ3v) is 10.8. The standard InChI is InChI=1S/C29H39N3O/c1-27-11-8-23-16-22-4-5-24(31(2)3)17-28(22)12-13-29(23,33-28)25(27)6-7-26(27)32-15-10-20-9-14-30-18-21(20)19-32/h8-9,14,16,18,24-26H,4-7,10-13,15,17,19H2,1-3H3. The van der Waals surface area contributed by atoms with E-state index in [-0.39, 0.29) is 11.2 Å². The van der Waals surface area contributed by atoms with Gasteiger partial charge in [0, 0.05) is 37.6 Å². The highest BCUT2D eigenvalue weighted by molar-refractivity contribution is 5.47. The smallest absolute Gasteiger partial charge is 0.0975 e. The predicted octanol–water partition coefficient (Wildman–Crippen LogP) is 4.90. The maximum atomic E-state index is 7.44. The van der Waals surface area contributed by atoms with E-state index >= 15 is 0 Å². The van der Waals surface area contributed by atoms with Crippen LogP contribution in [0.5, 0.6) is 0 Å². The first-order valence-electron chi connectivity index (χ1n) is 13.4. The van der Waals surface area contributed by atoms with E-state index in [0.717, 1.165) is 6.54 Å². The number of aromatic nitrogens is 1. The number of nitrogens with zero attached hydrogens (tertiary/aromatic N) is 3. The van der Waals surface area contributed by atoms with Gasteiger partial charge >= 0.3 is 0 Å². The van der Waals surface area contributed by atoms with E-state index in [4.69, 9.17) is 4.74 Å². The Morgan fingerprint density at radius 3 is 2.91 bits per heavy atom. The molecule has 0 radical (unpaired) electrons. The summed E-state index contributed by atoms with van der Waals surface area (Å²) in [4.78, 5) is 9.67. The van der Waals surface area contributed by atoms with Crippen molar-refractivity contribution in [2.45, 2.75) is 94.5 Å². The summed E-state index contributed by atoms with van der Waals surface area (Å²) in [7, 11) is 4.50. The minimum Gasteiger partial charge on any atom is -0.359 e. The van der Waals surface area contributed by atoms with Crippen LogP contribution in [-0.4, -0.2) is 58.7 Å². The molecule has 2 bridgehead atoms. The number of hydrogen-bond acceptors (Lipinski definition) is 4. The Balaban J connectivity index is 1.22. The van der Waals surface area contributed by atoms with Gasteiger partial charge in [-0.3, -0.25) is 9.88 Å². The topological polar surface area (TPSA) is 28.6 Å². The van der Waals surface area contributed by atoms with Crippen LogP contribution >= 0.6 is 0 Å². The highest BCUT2D eigenvalue weighted by Gasteiger charge is 2.67. The summed E-state index contributed by atoms with van der Waals surface area (Å²) < 4.78 is 7.44. The summed E-state index contributed by atoms with van der Waals surface area (Å²) in [5.41, 5.74) is 6.38. The van der Waals surface area contributed by atoms with Gasteiger partial charge in [-0.2, -0.15) is 0 Å². The largest absolute Gasteiger partial charge is 0.359 e. The average molecular weight is 446 g/mol. The molecule has 3 fully saturated rings. The molecule has 33 heavy (non-hydrogen) atoms. The number of ether oxygens (including phenoxy) is 1. The molecule has 7 rings (SSSR count). The second-order valence-corrected chi connectivity index (χ2v) is 12.4. The molecule has 0 aromatic carbocycles. The van der Waals surface area contributed by atoms with Gasteiger partial charge in [0.15, 0.2) is 0 Å². The van der Waals surface area contributed by atoms with Gasteiger partial charge < -0.3 is 9.64 Å². The molecule has 6 atom stereocenters. The molecular formula is C29H39N3O. The Morgan fingerprint density at radius 1 is 1.12 bits per heavy atom. The Labute approximate surface area is 199 Å². The van der Waals surface area contributed by atoms with Crippen LogP contribution in [0.25, 0.3) is 0 Å². The maximum Gasteiger partial charge on any atom is 0.0975 e. The first-order valence-corrected chi connectivity index (χ1v) is 13.4. The van der Waals surface area contributed by atoms with Crippen LogP contribution in [0.3, 0.4) is 0 Å². The Morgan fingerprint density at radius 2 is 2.03 bits per heavy atom. The lowest BCUT2D eigenvalue weighted by molar-refractivity contribution is -0.144. The average Bonchev–Trinajstić information content (AvgIpc) is 3.33. The van der Waals surface area contributed by atoms with Gasteiger partial charge in [0.2, 0.25) is 0 Å². The van der Waals surface area contributed by atoms with Gasteiger partial charge in [-0.1, -0.05) is 19.1 Å². The molecule has 2 spiro atoms. The number of pyridine rings is 1. The molecular weight excluding hydrogens is 406 g/mol. The van der Waals surface area contributed by atoms with E-state index in [9.17, 15) is 0 Å². The van der Waals surface area contributed by atoms with Gasteiger partial charge in [-0.05, 0) is 112 Å². The van der Waals surface area contributed by atoms with Crippen LogP contribution in [0.2, 0.25) is 0 Å². The summed E-state index contributed by atoms with van der Waals surface area (Å²) in [6.07, 6.45) is 20.4. The van der Waals surface area contributed by atoms with Gasteiger partial charge in [-0.15, -0.1) is 0 Å². The quantitative estimate of drug-likeness (QED) is 0.648. The normalized spacial score (nSPS) is 43.9. The Hall–Kier alpha value is -1.49. The summed E-state index contributed by atoms with van der Waals surface area (Å²) >= 11 is 0. The predicted molar refractivity (Wildman–Crippen MR) is 131 cm³/mol. The molecule has 1 aromatic rings. The van der Waals surface area contributed by atoms with E-state index in [0.29, 0.717) is 23.4 Å². The number of fused-ring (bicyclic) bond motifs is 2. The monoisotopic (exact) mass is 445 g/mol. The first-order chi connectivity index (χ1) is 15.9. The van der Waals surface area contributed by atoms with Crippen LogP contribution in [-0.2, 0) is 17.7 Å². The van der Waals surface area contributed by atoms with Crippen LogP contribution in [0.15, 0.2) is 41.8 Å². The summed E-state index contributed by atoms with van der Waals surface area (Å²) in [6, 6.07) is 3.52. The van der Waals surface area contributed by atoms with Crippen LogP contribution in [0.4, 0.5) is 0 Å². The second-order valence-electron chi connectivity index (χ2n) is 12.4. The van der Waals surface area contributed by atoms with Crippen molar-refractivity contribution in [3.63, 3.8) is 0 Å². The van der Waals surface area contributed by atoms with Crippen LogP contribution in [0.1, 0.15) is 69.4 Å². The van der Waals surface area contributed by atoms with Crippen LogP contribution in [0, 0.1) is 11.3 Å². The third-order valence-electron chi connectivity index (χ3n) is 10.8. The lowest BCUT2D eigenvalue weighted by Crippen LogP contribution is -2.57. The molecule has 6 aliphatic rings. The van der Waals surface area contributed by atoms with E-state index in [2.05, 4.69) is 60.2 Å². The minimum absolute atomic E-state index is 0.0105. The van der Waals surface area contributed by atoms with Crippen molar-refractivity contribution in [3.05, 3.63) is 52.9 Å². The number of hydrogen-bond donors (Lipinski definition) is 0. The zero-order chi connectivity index (χ0) is 22.4. The maximum absolute atomic E-state index is 7.44. The summed E-state index contributed by atoms with van der Waals surface area (Å²) in [6.45, 7) is 4.86.